The third-order valence-electron chi connectivity index (χ3n) is 11.3. The van der Waals surface area contributed by atoms with Crippen LogP contribution in [0.5, 0.6) is 0 Å². The number of hydrogen-bond acceptors (Lipinski definition) is 6. The molecular weight excluding hydrogens is 574 g/mol. The summed E-state index contributed by atoms with van der Waals surface area (Å²) in [5.41, 5.74) is 0.958. The molecule has 0 aromatic rings. The molecule has 6 atom stereocenters. The number of carbonyl (C=O) groups is 3. The quantitative estimate of drug-likeness (QED) is 0.105. The summed E-state index contributed by atoms with van der Waals surface area (Å²) >= 11 is 0. The van der Waals surface area contributed by atoms with E-state index < -0.39 is 23.8 Å². The molecule has 2 amide bonds. The molecule has 0 radical (unpaired) electrons. The second kappa shape index (κ2) is 15.4. The van der Waals surface area contributed by atoms with E-state index in [1.54, 1.807) is 0 Å². The van der Waals surface area contributed by atoms with E-state index in [0.717, 1.165) is 56.6 Å². The van der Waals surface area contributed by atoms with Crippen molar-refractivity contribution in [2.24, 2.45) is 28.1 Å². The van der Waals surface area contributed by atoms with Gasteiger partial charge in [0.25, 0.3) is 5.91 Å². The topological polar surface area (TPSA) is 103 Å². The van der Waals surface area contributed by atoms with Gasteiger partial charge in [0.05, 0.1) is 17.9 Å². The van der Waals surface area contributed by atoms with E-state index >= 15 is 0 Å². The van der Waals surface area contributed by atoms with Gasteiger partial charge in [0.1, 0.15) is 6.04 Å². The number of hydrogen-bond donors (Lipinski definition) is 4. The van der Waals surface area contributed by atoms with Gasteiger partial charge in [-0.1, -0.05) is 113 Å². The first kappa shape index (κ1) is 37.7. The molecule has 3 fully saturated rings. The van der Waals surface area contributed by atoms with E-state index in [0.29, 0.717) is 12.3 Å². The summed E-state index contributed by atoms with van der Waals surface area (Å²) in [5, 5.41) is 13.2. The van der Waals surface area contributed by atoms with Crippen molar-refractivity contribution < 1.29 is 14.4 Å². The summed E-state index contributed by atoms with van der Waals surface area (Å²) in [6, 6.07) is -1.16. The molecule has 3 rings (SSSR count). The highest BCUT2D eigenvalue weighted by Gasteiger charge is 2.69. The van der Waals surface area contributed by atoms with E-state index in [2.05, 4.69) is 87.8 Å². The molecule has 260 valence electrons. The Morgan fingerprint density at radius 2 is 1.61 bits per heavy atom. The average Bonchev–Trinajstić information content (AvgIpc) is 3.30. The summed E-state index contributed by atoms with van der Waals surface area (Å²) in [7, 11) is 0. The summed E-state index contributed by atoms with van der Waals surface area (Å²) in [6.07, 6.45) is 11.4. The van der Waals surface area contributed by atoms with E-state index in [4.69, 9.17) is 6.58 Å². The Morgan fingerprint density at radius 1 is 0.957 bits per heavy atom. The lowest BCUT2D eigenvalue weighted by Crippen LogP contribution is -2.57. The molecule has 2 saturated carbocycles. The van der Waals surface area contributed by atoms with Crippen molar-refractivity contribution in [1.29, 1.82) is 0 Å². The van der Waals surface area contributed by atoms with Crippen LogP contribution in [0.1, 0.15) is 120 Å². The first-order chi connectivity index (χ1) is 21.5. The number of carbonyl (C=O) groups excluding carboxylic acids is 3. The van der Waals surface area contributed by atoms with Gasteiger partial charge in [-0.15, -0.1) is 6.58 Å². The lowest BCUT2D eigenvalue weighted by Gasteiger charge is -2.47. The number of ketones is 1. The molecule has 0 aromatic carbocycles. The summed E-state index contributed by atoms with van der Waals surface area (Å²) < 4.78 is 0. The Morgan fingerprint density at radius 3 is 2.17 bits per heavy atom. The molecule has 0 spiro atoms. The number of Topliss-reactive ketones (excluding diaryl/α,β-unsaturated/α-hetero) is 1. The largest absolute Gasteiger partial charge is 0.369 e. The summed E-state index contributed by atoms with van der Waals surface area (Å²) in [6.45, 7) is 31.6. The fourth-order valence-electron chi connectivity index (χ4n) is 8.14. The Kier molecular flexibility index (Phi) is 12.6. The van der Waals surface area contributed by atoms with Crippen molar-refractivity contribution in [3.05, 3.63) is 37.3 Å². The number of likely N-dealkylation sites (tertiary alicyclic amines) is 1. The van der Waals surface area contributed by atoms with Crippen LogP contribution in [0.4, 0.5) is 0 Å². The van der Waals surface area contributed by atoms with Gasteiger partial charge in [0.15, 0.2) is 0 Å². The minimum Gasteiger partial charge on any atom is -0.369 e. The molecule has 0 bridgehead atoms. The summed E-state index contributed by atoms with van der Waals surface area (Å²) in [4.78, 5) is 42.3. The predicted molar refractivity (Wildman–Crippen MR) is 189 cm³/mol. The van der Waals surface area contributed by atoms with Crippen molar-refractivity contribution in [2.75, 3.05) is 13.1 Å². The zero-order valence-electron chi connectivity index (χ0n) is 30.3. The molecule has 0 aromatic heterocycles. The van der Waals surface area contributed by atoms with Crippen LogP contribution < -0.4 is 21.3 Å². The Labute approximate surface area is 280 Å². The average molecular weight is 640 g/mol. The van der Waals surface area contributed by atoms with Crippen LogP contribution in [0.15, 0.2) is 37.3 Å². The fourth-order valence-corrected chi connectivity index (χ4v) is 8.14. The van der Waals surface area contributed by atoms with Gasteiger partial charge in [-0.3, -0.25) is 14.4 Å². The highest BCUT2D eigenvalue weighted by molar-refractivity contribution is 6.38. The maximum Gasteiger partial charge on any atom is 0.289 e. The normalized spacial score (nSPS) is 24.9. The highest BCUT2D eigenvalue weighted by atomic mass is 16.2. The molecule has 46 heavy (non-hydrogen) atoms. The molecular formula is C38H65N5O3. The van der Waals surface area contributed by atoms with Gasteiger partial charge in [-0.25, -0.2) is 0 Å². The van der Waals surface area contributed by atoms with Crippen molar-refractivity contribution in [3.63, 3.8) is 0 Å². The third-order valence-corrected chi connectivity index (χ3v) is 11.3. The highest BCUT2D eigenvalue weighted by Crippen LogP contribution is 2.65. The number of piperidine rings is 1. The van der Waals surface area contributed by atoms with E-state index in [1.807, 2.05) is 6.92 Å². The minimum absolute atomic E-state index is 0.0198. The van der Waals surface area contributed by atoms with Crippen molar-refractivity contribution in [1.82, 2.24) is 26.2 Å². The number of rotatable bonds is 18. The molecule has 1 heterocycles. The smallest absolute Gasteiger partial charge is 0.289 e. The first-order valence-electron chi connectivity index (χ1n) is 17.9. The van der Waals surface area contributed by atoms with Gasteiger partial charge >= 0.3 is 0 Å². The molecule has 8 heteroatoms. The van der Waals surface area contributed by atoms with Gasteiger partial charge in [-0.05, 0) is 53.8 Å². The van der Waals surface area contributed by atoms with Crippen LogP contribution in [0.2, 0.25) is 0 Å². The molecule has 1 saturated heterocycles. The van der Waals surface area contributed by atoms with E-state index in [1.165, 1.54) is 25.3 Å². The van der Waals surface area contributed by atoms with Crippen LogP contribution in [0.3, 0.4) is 0 Å². The van der Waals surface area contributed by atoms with Gasteiger partial charge < -0.3 is 26.2 Å². The molecule has 8 nitrogen and oxygen atoms in total. The molecule has 4 unspecified atom stereocenters. The Balaban J connectivity index is 1.90. The standard InChI is InChI=1S/C38H65N5O3/c1-12-15-20-28(32(44)35(46)39-23-14-3)42-34(45)31-30-27(37(30,9)10)24-43(31)25(4)33(38(11)21-17-16-18-22-38)41-26(5)40-29(19-13-2)36(6,7)8/h14,27-31,33,40-41H,3-5,12-13,15-24H2,1-2,6-11H3,(H,39,46)(H,42,45)/t27-,28?,29?,30-,31?,33?/m0/s1. The molecule has 2 aliphatic carbocycles. The second-order valence-electron chi connectivity index (χ2n) is 16.2. The Bertz CT molecular complexity index is 1130. The maximum absolute atomic E-state index is 14.3. The minimum atomic E-state index is -0.866. The van der Waals surface area contributed by atoms with Crippen molar-refractivity contribution in [2.45, 2.75) is 144 Å². The SMILES string of the molecule is C=CCNC(=O)C(=O)C(CCCC)NC(=O)C1[C@@H]2[C@H](CN1C(=C)C(NC(=C)NC(CCC)C(C)(C)C)C1(C)CCCCC1)C2(C)C. The lowest BCUT2D eigenvalue weighted by molar-refractivity contribution is -0.140. The molecule has 4 N–H and O–H groups in total. The number of fused-ring (bicyclic) bond motifs is 1. The zero-order chi connectivity index (χ0) is 34.4. The molecule has 3 aliphatic rings. The number of nitrogens with one attached hydrogen (secondary N) is 4. The Hall–Kier alpha value is -2.77. The van der Waals surface area contributed by atoms with Crippen LogP contribution in [-0.2, 0) is 14.4 Å². The van der Waals surface area contributed by atoms with Crippen LogP contribution in [-0.4, -0.2) is 59.8 Å². The zero-order valence-corrected chi connectivity index (χ0v) is 30.3. The van der Waals surface area contributed by atoms with Gasteiger partial charge in [-0.2, -0.15) is 0 Å². The maximum atomic E-state index is 14.3. The number of unbranched alkanes of at least 4 members (excludes halogenated alkanes) is 1. The van der Waals surface area contributed by atoms with Crippen LogP contribution >= 0.6 is 0 Å². The van der Waals surface area contributed by atoms with Crippen molar-refractivity contribution in [3.8, 4) is 0 Å². The van der Waals surface area contributed by atoms with E-state index in [-0.39, 0.29) is 46.7 Å². The fraction of sp³-hybridized carbons (Fsp3) is 0.763. The van der Waals surface area contributed by atoms with Crippen LogP contribution in [0.25, 0.3) is 0 Å². The lowest BCUT2D eigenvalue weighted by atomic mass is 9.69. The monoisotopic (exact) mass is 640 g/mol. The van der Waals surface area contributed by atoms with Gasteiger partial charge in [0, 0.05) is 24.8 Å². The first-order valence-corrected chi connectivity index (χ1v) is 17.9. The van der Waals surface area contributed by atoms with Crippen molar-refractivity contribution >= 4 is 17.6 Å². The van der Waals surface area contributed by atoms with Crippen LogP contribution in [0, 0.1) is 28.1 Å². The molecule has 1 aliphatic heterocycles. The number of nitrogens with zero attached hydrogens (tertiary/aromatic N) is 1. The summed E-state index contributed by atoms with van der Waals surface area (Å²) in [5.74, 6) is -0.168. The predicted octanol–water partition coefficient (Wildman–Crippen LogP) is 6.21. The second-order valence-corrected chi connectivity index (χ2v) is 16.2. The van der Waals surface area contributed by atoms with E-state index in [9.17, 15) is 14.4 Å². The van der Waals surface area contributed by atoms with Gasteiger partial charge in [0.2, 0.25) is 11.7 Å². The number of amides is 2. The third kappa shape index (κ3) is 8.57.